The summed E-state index contributed by atoms with van der Waals surface area (Å²) in [5, 5.41) is 3.02. The zero-order valence-corrected chi connectivity index (χ0v) is 12.1. The summed E-state index contributed by atoms with van der Waals surface area (Å²) in [6.45, 7) is 6.20. The third kappa shape index (κ3) is 3.16. The summed E-state index contributed by atoms with van der Waals surface area (Å²) in [6.07, 6.45) is 3.78. The third-order valence-electron chi connectivity index (χ3n) is 4.13. The summed E-state index contributed by atoms with van der Waals surface area (Å²) in [6, 6.07) is 6.08. The molecule has 2 atom stereocenters. The van der Waals surface area contributed by atoms with E-state index in [0.717, 1.165) is 36.1 Å². The second-order valence-electron chi connectivity index (χ2n) is 6.13. The van der Waals surface area contributed by atoms with Gasteiger partial charge in [-0.25, -0.2) is 0 Å². The Kier molecular flexibility index (Phi) is 3.95. The number of anilines is 1. The number of rotatable bonds is 2. The number of hydrogen-bond donors (Lipinski definition) is 2. The zero-order valence-electron chi connectivity index (χ0n) is 12.1. The molecule has 0 aliphatic heterocycles. The molecule has 2 rings (SSSR count). The Morgan fingerprint density at radius 3 is 2.84 bits per heavy atom. The lowest BCUT2D eigenvalue weighted by molar-refractivity contribution is -0.122. The first-order valence-electron chi connectivity index (χ1n) is 7.08. The Balaban J connectivity index is 2.14. The van der Waals surface area contributed by atoms with E-state index in [9.17, 15) is 4.79 Å². The van der Waals surface area contributed by atoms with Crippen LogP contribution < -0.4 is 11.1 Å². The Hall–Kier alpha value is -1.35. The van der Waals surface area contributed by atoms with Crippen LogP contribution in [0.3, 0.4) is 0 Å². The number of carbonyl (C=O) groups is 1. The first-order chi connectivity index (χ1) is 8.90. The second-order valence-corrected chi connectivity index (χ2v) is 6.13. The molecule has 104 valence electrons. The molecular formula is C16H24N2O. The minimum atomic E-state index is -0.701. The molecule has 1 aromatic rings. The predicted octanol–water partition coefficient (Wildman–Crippen LogP) is 3.15. The van der Waals surface area contributed by atoms with E-state index in [1.54, 1.807) is 0 Å². The number of benzene rings is 1. The highest BCUT2D eigenvalue weighted by Gasteiger charge is 2.38. The van der Waals surface area contributed by atoms with Gasteiger partial charge in [0.05, 0.1) is 5.54 Å². The number of carbonyl (C=O) groups excluding carboxylic acids is 1. The highest BCUT2D eigenvalue weighted by atomic mass is 16.2. The van der Waals surface area contributed by atoms with Crippen molar-refractivity contribution in [1.82, 2.24) is 0 Å². The van der Waals surface area contributed by atoms with Gasteiger partial charge >= 0.3 is 0 Å². The van der Waals surface area contributed by atoms with Gasteiger partial charge in [-0.05, 0) is 49.8 Å². The highest BCUT2D eigenvalue weighted by Crippen LogP contribution is 2.31. The lowest BCUT2D eigenvalue weighted by Crippen LogP contribution is -2.53. The molecule has 1 aliphatic rings. The first-order valence-corrected chi connectivity index (χ1v) is 7.08. The van der Waals surface area contributed by atoms with Crippen LogP contribution in [0, 0.1) is 19.8 Å². The number of aryl methyl sites for hydroxylation is 2. The Labute approximate surface area is 115 Å². The van der Waals surface area contributed by atoms with Gasteiger partial charge in [0.15, 0.2) is 0 Å². The summed E-state index contributed by atoms with van der Waals surface area (Å²) in [4.78, 5) is 12.5. The van der Waals surface area contributed by atoms with Crippen molar-refractivity contribution in [3.8, 4) is 0 Å². The molecule has 1 amide bonds. The van der Waals surface area contributed by atoms with Crippen LogP contribution in [0.25, 0.3) is 0 Å². The van der Waals surface area contributed by atoms with E-state index in [4.69, 9.17) is 5.73 Å². The van der Waals surface area contributed by atoms with E-state index >= 15 is 0 Å². The molecule has 3 nitrogen and oxygen atoms in total. The Morgan fingerprint density at radius 2 is 2.16 bits per heavy atom. The van der Waals surface area contributed by atoms with Crippen LogP contribution in [0.1, 0.15) is 43.7 Å². The SMILES string of the molecule is Cc1ccc(C)c(NC(=O)C2(N)CCCC(C)C2)c1. The molecule has 0 aromatic heterocycles. The van der Waals surface area contributed by atoms with Crippen LogP contribution in [0.5, 0.6) is 0 Å². The van der Waals surface area contributed by atoms with Gasteiger partial charge in [-0.3, -0.25) is 4.79 Å². The maximum absolute atomic E-state index is 12.5. The molecule has 1 fully saturated rings. The fourth-order valence-corrected chi connectivity index (χ4v) is 2.92. The molecule has 0 bridgehead atoms. The van der Waals surface area contributed by atoms with Crippen molar-refractivity contribution in [1.29, 1.82) is 0 Å². The smallest absolute Gasteiger partial charge is 0.244 e. The van der Waals surface area contributed by atoms with Crippen LogP contribution in [0.15, 0.2) is 18.2 Å². The summed E-state index contributed by atoms with van der Waals surface area (Å²) < 4.78 is 0. The maximum atomic E-state index is 12.5. The van der Waals surface area contributed by atoms with E-state index in [1.807, 2.05) is 32.0 Å². The Bertz CT molecular complexity index is 484. The van der Waals surface area contributed by atoms with Crippen molar-refractivity contribution in [3.05, 3.63) is 29.3 Å². The molecule has 0 heterocycles. The van der Waals surface area contributed by atoms with Crippen molar-refractivity contribution in [3.63, 3.8) is 0 Å². The van der Waals surface area contributed by atoms with Gasteiger partial charge in [0, 0.05) is 5.69 Å². The normalized spacial score (nSPS) is 27.1. The number of nitrogens with two attached hydrogens (primary N) is 1. The molecule has 1 saturated carbocycles. The van der Waals surface area contributed by atoms with Crippen LogP contribution in [-0.2, 0) is 4.79 Å². The van der Waals surface area contributed by atoms with Crippen LogP contribution in [-0.4, -0.2) is 11.4 Å². The molecule has 1 aliphatic carbocycles. The Morgan fingerprint density at radius 1 is 1.42 bits per heavy atom. The van der Waals surface area contributed by atoms with Crippen molar-refractivity contribution in [2.75, 3.05) is 5.32 Å². The van der Waals surface area contributed by atoms with E-state index in [2.05, 4.69) is 12.2 Å². The summed E-state index contributed by atoms with van der Waals surface area (Å²) >= 11 is 0. The zero-order chi connectivity index (χ0) is 14.0. The second kappa shape index (κ2) is 5.33. The van der Waals surface area contributed by atoms with Gasteiger partial charge < -0.3 is 11.1 Å². The van der Waals surface area contributed by atoms with Gasteiger partial charge in [0.25, 0.3) is 0 Å². The predicted molar refractivity (Wildman–Crippen MR) is 79.1 cm³/mol. The monoisotopic (exact) mass is 260 g/mol. The molecular weight excluding hydrogens is 236 g/mol. The minimum Gasteiger partial charge on any atom is -0.324 e. The molecule has 0 radical (unpaired) electrons. The van der Waals surface area contributed by atoms with E-state index in [-0.39, 0.29) is 5.91 Å². The third-order valence-corrected chi connectivity index (χ3v) is 4.13. The molecule has 3 N–H and O–H groups in total. The quantitative estimate of drug-likeness (QED) is 0.858. The van der Waals surface area contributed by atoms with Gasteiger partial charge in [-0.2, -0.15) is 0 Å². The summed E-state index contributed by atoms with van der Waals surface area (Å²) in [5.74, 6) is 0.496. The summed E-state index contributed by atoms with van der Waals surface area (Å²) in [5.41, 5.74) is 8.72. The topological polar surface area (TPSA) is 55.1 Å². The maximum Gasteiger partial charge on any atom is 0.244 e. The van der Waals surface area contributed by atoms with Crippen molar-refractivity contribution < 1.29 is 4.79 Å². The molecule has 2 unspecified atom stereocenters. The molecule has 0 spiro atoms. The number of amides is 1. The van der Waals surface area contributed by atoms with E-state index < -0.39 is 5.54 Å². The van der Waals surface area contributed by atoms with Gasteiger partial charge in [-0.1, -0.05) is 31.9 Å². The molecule has 0 saturated heterocycles. The fraction of sp³-hybridized carbons (Fsp3) is 0.562. The molecule has 3 heteroatoms. The average Bonchev–Trinajstić information content (AvgIpc) is 2.33. The fourth-order valence-electron chi connectivity index (χ4n) is 2.92. The minimum absolute atomic E-state index is 0.0345. The number of hydrogen-bond acceptors (Lipinski definition) is 2. The van der Waals surface area contributed by atoms with Crippen LogP contribution >= 0.6 is 0 Å². The van der Waals surface area contributed by atoms with Gasteiger partial charge in [0.1, 0.15) is 0 Å². The average molecular weight is 260 g/mol. The van der Waals surface area contributed by atoms with Gasteiger partial charge in [0.2, 0.25) is 5.91 Å². The number of nitrogens with one attached hydrogen (secondary N) is 1. The molecule has 1 aromatic carbocycles. The van der Waals surface area contributed by atoms with Crippen molar-refractivity contribution in [2.45, 2.75) is 52.0 Å². The largest absolute Gasteiger partial charge is 0.324 e. The standard InChI is InChI=1S/C16H24N2O/c1-11-6-7-13(3)14(9-11)18-15(19)16(17)8-4-5-12(2)10-16/h6-7,9,12H,4-5,8,10,17H2,1-3H3,(H,18,19). The van der Waals surface area contributed by atoms with Crippen LogP contribution in [0.2, 0.25) is 0 Å². The van der Waals surface area contributed by atoms with E-state index in [0.29, 0.717) is 5.92 Å². The first kappa shape index (κ1) is 14.1. The van der Waals surface area contributed by atoms with E-state index in [1.165, 1.54) is 6.42 Å². The lowest BCUT2D eigenvalue weighted by atomic mass is 9.76. The van der Waals surface area contributed by atoms with Crippen molar-refractivity contribution in [2.24, 2.45) is 11.7 Å². The van der Waals surface area contributed by atoms with Gasteiger partial charge in [-0.15, -0.1) is 0 Å². The summed E-state index contributed by atoms with van der Waals surface area (Å²) in [7, 11) is 0. The van der Waals surface area contributed by atoms with Crippen molar-refractivity contribution >= 4 is 11.6 Å². The molecule has 19 heavy (non-hydrogen) atoms. The lowest BCUT2D eigenvalue weighted by Gasteiger charge is -2.35. The van der Waals surface area contributed by atoms with Crippen LogP contribution in [0.4, 0.5) is 5.69 Å². The highest BCUT2D eigenvalue weighted by molar-refractivity contribution is 5.98.